The molecule has 0 radical (unpaired) electrons. The summed E-state index contributed by atoms with van der Waals surface area (Å²) in [6, 6.07) is 8.09. The number of para-hydroxylation sites is 1. The van der Waals surface area contributed by atoms with Gasteiger partial charge in [-0.25, -0.2) is 0 Å². The van der Waals surface area contributed by atoms with Crippen molar-refractivity contribution < 1.29 is 13.0 Å². The van der Waals surface area contributed by atoms with Crippen molar-refractivity contribution in [2.24, 2.45) is 0 Å². The maximum Gasteiger partial charge on any atom is 0.352 e. The van der Waals surface area contributed by atoms with Gasteiger partial charge in [0.05, 0.1) is 7.11 Å². The maximum absolute atomic E-state index is 6.54. The van der Waals surface area contributed by atoms with E-state index < -0.39 is 25.2 Å². The standard InChI is InChI=1S/C14H28O3Si3/c1-15-13-11-9-10-12-14(13)20(8,16-18(2,3)4)17-19(5,6)7/h9-12H,1-8H3. The summed E-state index contributed by atoms with van der Waals surface area (Å²) in [6.45, 7) is 15.4. The van der Waals surface area contributed by atoms with Gasteiger partial charge in [-0.1, -0.05) is 18.2 Å². The van der Waals surface area contributed by atoms with Gasteiger partial charge in [-0.15, -0.1) is 0 Å². The monoisotopic (exact) mass is 328 g/mol. The largest absolute Gasteiger partial charge is 0.497 e. The minimum Gasteiger partial charge on any atom is -0.497 e. The average molecular weight is 329 g/mol. The van der Waals surface area contributed by atoms with Crippen LogP contribution in [0.1, 0.15) is 0 Å². The van der Waals surface area contributed by atoms with Gasteiger partial charge >= 0.3 is 8.56 Å². The van der Waals surface area contributed by atoms with Crippen molar-refractivity contribution in [3.05, 3.63) is 24.3 Å². The third kappa shape index (κ3) is 5.17. The van der Waals surface area contributed by atoms with Gasteiger partial charge in [0.1, 0.15) is 5.75 Å². The Morgan fingerprint density at radius 3 is 1.60 bits per heavy atom. The summed E-state index contributed by atoms with van der Waals surface area (Å²) in [4.78, 5) is 0. The van der Waals surface area contributed by atoms with Crippen LogP contribution in [0, 0.1) is 0 Å². The Morgan fingerprint density at radius 1 is 0.750 bits per heavy atom. The van der Waals surface area contributed by atoms with Gasteiger partial charge in [0, 0.05) is 5.19 Å². The molecule has 0 spiro atoms. The fourth-order valence-corrected chi connectivity index (χ4v) is 14.1. The molecule has 0 aliphatic heterocycles. The van der Waals surface area contributed by atoms with E-state index in [1.165, 1.54) is 0 Å². The highest BCUT2D eigenvalue weighted by Gasteiger charge is 2.43. The molecule has 0 aliphatic rings. The number of hydrogen-bond donors (Lipinski definition) is 0. The topological polar surface area (TPSA) is 27.7 Å². The predicted octanol–water partition coefficient (Wildman–Crippen LogP) is 3.68. The van der Waals surface area contributed by atoms with Crippen molar-refractivity contribution in [3.8, 4) is 5.75 Å². The zero-order valence-corrected chi connectivity index (χ0v) is 17.0. The molecule has 0 amide bonds. The van der Waals surface area contributed by atoms with Crippen LogP contribution in [0.5, 0.6) is 5.75 Å². The first-order valence-electron chi connectivity index (χ1n) is 7.01. The normalized spacial score (nSPS) is 13.4. The first kappa shape index (κ1) is 17.6. The molecule has 1 rings (SSSR count). The Morgan fingerprint density at radius 2 is 1.20 bits per heavy atom. The van der Waals surface area contributed by atoms with Gasteiger partial charge in [-0.2, -0.15) is 0 Å². The van der Waals surface area contributed by atoms with Crippen molar-refractivity contribution in [1.82, 2.24) is 0 Å². The van der Waals surface area contributed by atoms with Crippen molar-refractivity contribution in [2.45, 2.75) is 45.8 Å². The summed E-state index contributed by atoms with van der Waals surface area (Å²) >= 11 is 0. The van der Waals surface area contributed by atoms with Crippen LogP contribution < -0.4 is 9.92 Å². The smallest absolute Gasteiger partial charge is 0.352 e. The van der Waals surface area contributed by atoms with Gasteiger partial charge in [-0.3, -0.25) is 0 Å². The molecular weight excluding hydrogens is 300 g/mol. The van der Waals surface area contributed by atoms with Crippen molar-refractivity contribution in [1.29, 1.82) is 0 Å². The summed E-state index contributed by atoms with van der Waals surface area (Å²) in [5.41, 5.74) is 0. The first-order chi connectivity index (χ1) is 8.97. The van der Waals surface area contributed by atoms with E-state index in [2.05, 4.69) is 51.9 Å². The first-order valence-corrected chi connectivity index (χ1v) is 16.1. The van der Waals surface area contributed by atoms with Crippen LogP contribution in [0.3, 0.4) is 0 Å². The SMILES string of the molecule is COc1ccccc1[Si](C)(O[Si](C)(C)C)O[Si](C)(C)C. The fourth-order valence-electron chi connectivity index (χ4n) is 2.32. The number of ether oxygens (including phenoxy) is 1. The van der Waals surface area contributed by atoms with Crippen LogP contribution in [0.2, 0.25) is 45.8 Å². The van der Waals surface area contributed by atoms with E-state index in [9.17, 15) is 0 Å². The third-order valence-corrected chi connectivity index (χ3v) is 12.0. The third-order valence-electron chi connectivity index (χ3n) is 2.60. The molecule has 0 heterocycles. The Hall–Kier alpha value is -0.409. The molecule has 1 aromatic carbocycles. The van der Waals surface area contributed by atoms with Crippen LogP contribution in [-0.2, 0) is 8.23 Å². The zero-order chi connectivity index (χ0) is 15.6. The minimum absolute atomic E-state index is 0.873. The second-order valence-corrected chi connectivity index (χ2v) is 19.6. The number of benzene rings is 1. The lowest BCUT2D eigenvalue weighted by atomic mass is 10.3. The van der Waals surface area contributed by atoms with E-state index in [4.69, 9.17) is 13.0 Å². The summed E-state index contributed by atoms with van der Waals surface area (Å²) < 4.78 is 18.6. The minimum atomic E-state index is -2.46. The van der Waals surface area contributed by atoms with E-state index in [-0.39, 0.29) is 0 Å². The lowest BCUT2D eigenvalue weighted by Gasteiger charge is -2.39. The molecular formula is C14H28O3Si3. The summed E-state index contributed by atoms with van der Waals surface area (Å²) in [7, 11) is -4.17. The van der Waals surface area contributed by atoms with Gasteiger partial charge in [-0.05, 0) is 51.9 Å². The average Bonchev–Trinajstić information content (AvgIpc) is 2.23. The van der Waals surface area contributed by atoms with Gasteiger partial charge in [0.2, 0.25) is 0 Å². The Labute approximate surface area is 126 Å². The van der Waals surface area contributed by atoms with Crippen LogP contribution in [0.4, 0.5) is 0 Å². The molecule has 1 aromatic rings. The van der Waals surface area contributed by atoms with Crippen LogP contribution in [-0.4, -0.2) is 32.3 Å². The highest BCUT2D eigenvalue weighted by molar-refractivity contribution is 6.94. The van der Waals surface area contributed by atoms with Crippen LogP contribution in [0.25, 0.3) is 0 Å². The molecule has 0 N–H and O–H groups in total. The zero-order valence-electron chi connectivity index (χ0n) is 14.0. The van der Waals surface area contributed by atoms with E-state index in [1.54, 1.807) is 7.11 Å². The summed E-state index contributed by atoms with van der Waals surface area (Å²) in [5, 5.41) is 1.10. The van der Waals surface area contributed by atoms with Crippen molar-refractivity contribution in [2.75, 3.05) is 7.11 Å². The number of methoxy groups -OCH3 is 1. The lowest BCUT2D eigenvalue weighted by Crippen LogP contribution is -2.60. The van der Waals surface area contributed by atoms with Gasteiger partial charge in [0.25, 0.3) is 0 Å². The van der Waals surface area contributed by atoms with E-state index in [1.807, 2.05) is 18.2 Å². The summed E-state index contributed by atoms with van der Waals surface area (Å²) in [5.74, 6) is 0.873. The van der Waals surface area contributed by atoms with Crippen molar-refractivity contribution in [3.63, 3.8) is 0 Å². The van der Waals surface area contributed by atoms with E-state index in [0.717, 1.165) is 10.9 Å². The molecule has 0 unspecified atom stereocenters. The number of hydrogen-bond acceptors (Lipinski definition) is 3. The van der Waals surface area contributed by atoms with Crippen LogP contribution >= 0.6 is 0 Å². The molecule has 3 nitrogen and oxygen atoms in total. The molecule has 0 saturated heterocycles. The molecule has 0 aliphatic carbocycles. The fraction of sp³-hybridized carbons (Fsp3) is 0.571. The number of rotatable bonds is 6. The predicted molar refractivity (Wildman–Crippen MR) is 93.1 cm³/mol. The highest BCUT2D eigenvalue weighted by Crippen LogP contribution is 2.24. The van der Waals surface area contributed by atoms with Gasteiger partial charge in [0.15, 0.2) is 16.6 Å². The molecule has 20 heavy (non-hydrogen) atoms. The molecule has 0 bridgehead atoms. The second-order valence-electron chi connectivity index (χ2n) is 7.07. The molecule has 0 aromatic heterocycles. The van der Waals surface area contributed by atoms with E-state index in [0.29, 0.717) is 0 Å². The Bertz CT molecular complexity index is 434. The second kappa shape index (κ2) is 6.15. The quantitative estimate of drug-likeness (QED) is 0.746. The molecule has 114 valence electrons. The maximum atomic E-state index is 6.54. The van der Waals surface area contributed by atoms with E-state index >= 15 is 0 Å². The molecule has 0 atom stereocenters. The molecule has 0 saturated carbocycles. The lowest BCUT2D eigenvalue weighted by molar-refractivity contribution is 0.391. The Kier molecular flexibility index (Phi) is 5.42. The molecule has 0 fully saturated rings. The highest BCUT2D eigenvalue weighted by atomic mass is 28.5. The Balaban J connectivity index is 3.29. The van der Waals surface area contributed by atoms with Crippen molar-refractivity contribution >= 4 is 30.4 Å². The van der Waals surface area contributed by atoms with Crippen LogP contribution in [0.15, 0.2) is 24.3 Å². The molecule has 6 heteroatoms. The van der Waals surface area contributed by atoms with Gasteiger partial charge < -0.3 is 13.0 Å². The summed E-state index contributed by atoms with van der Waals surface area (Å²) in [6.07, 6.45) is 0.